The highest BCUT2D eigenvalue weighted by molar-refractivity contribution is 5.56. The van der Waals surface area contributed by atoms with E-state index in [1.807, 2.05) is 0 Å². The number of hydrogen-bond acceptors (Lipinski definition) is 7. The molecule has 0 aliphatic heterocycles. The summed E-state index contributed by atoms with van der Waals surface area (Å²) in [5, 5.41) is 16.6. The lowest BCUT2D eigenvalue weighted by Crippen LogP contribution is -2.10. The normalized spacial score (nSPS) is 10.3. The summed E-state index contributed by atoms with van der Waals surface area (Å²) < 4.78 is 5.42. The van der Waals surface area contributed by atoms with Crippen LogP contribution in [0.1, 0.15) is 26.2 Å². The smallest absolute Gasteiger partial charge is 0.329 e. The first-order valence-electron chi connectivity index (χ1n) is 6.69. The van der Waals surface area contributed by atoms with Gasteiger partial charge < -0.3 is 15.4 Å². The van der Waals surface area contributed by atoms with Gasteiger partial charge in [0.05, 0.1) is 4.92 Å². The number of nitrogens with one attached hydrogen (secondary N) is 2. The van der Waals surface area contributed by atoms with Gasteiger partial charge >= 0.3 is 5.69 Å². The molecule has 0 aliphatic rings. The molecule has 20 heavy (non-hydrogen) atoms. The molecule has 1 rings (SSSR count). The Hall–Kier alpha value is -1.96. The molecular formula is C12H21N5O3. The van der Waals surface area contributed by atoms with Crippen LogP contribution in [0.2, 0.25) is 0 Å². The van der Waals surface area contributed by atoms with Crippen LogP contribution in [0.3, 0.4) is 0 Å². The fourth-order valence-electron chi connectivity index (χ4n) is 1.49. The van der Waals surface area contributed by atoms with Crippen LogP contribution in [0.25, 0.3) is 0 Å². The maximum absolute atomic E-state index is 10.9. The number of nitro groups is 1. The minimum absolute atomic E-state index is 0.129. The van der Waals surface area contributed by atoms with E-state index in [0.29, 0.717) is 19.1 Å². The van der Waals surface area contributed by atoms with Crippen molar-refractivity contribution in [3.05, 3.63) is 16.3 Å². The Morgan fingerprint density at radius 1 is 1.40 bits per heavy atom. The predicted octanol–water partition coefficient (Wildman–Crippen LogP) is 2.05. The van der Waals surface area contributed by atoms with Crippen molar-refractivity contribution in [3.63, 3.8) is 0 Å². The Morgan fingerprint density at radius 3 is 2.80 bits per heavy atom. The zero-order valence-corrected chi connectivity index (χ0v) is 11.9. The van der Waals surface area contributed by atoms with E-state index in [9.17, 15) is 10.1 Å². The molecule has 1 aromatic rings. The van der Waals surface area contributed by atoms with Crippen LogP contribution in [-0.2, 0) is 4.74 Å². The second kappa shape index (κ2) is 9.03. The number of aromatic nitrogens is 2. The number of ether oxygens (including phenoxy) is 1. The molecule has 0 aliphatic carbocycles. The summed E-state index contributed by atoms with van der Waals surface area (Å²) in [4.78, 5) is 18.2. The molecule has 1 heterocycles. The highest BCUT2D eigenvalue weighted by Crippen LogP contribution is 2.21. The van der Waals surface area contributed by atoms with E-state index in [4.69, 9.17) is 4.74 Å². The summed E-state index contributed by atoms with van der Waals surface area (Å²) in [6.07, 6.45) is 4.12. The van der Waals surface area contributed by atoms with Crippen LogP contribution in [0.15, 0.2) is 6.20 Å². The first-order valence-corrected chi connectivity index (χ1v) is 6.69. The van der Waals surface area contributed by atoms with Crippen LogP contribution in [-0.4, -0.2) is 41.7 Å². The molecule has 0 atom stereocenters. The summed E-state index contributed by atoms with van der Waals surface area (Å²) in [5.41, 5.74) is -0.129. The standard InChI is InChI=1S/C12H21N5O3/c1-3-4-7-20-8-5-6-14-11-10(17(18)19)9-15-12(13-2)16-11/h9H,3-8H2,1-2H3,(H2,13,14,15,16). The lowest BCUT2D eigenvalue weighted by molar-refractivity contribution is -0.384. The van der Waals surface area contributed by atoms with Crippen LogP contribution < -0.4 is 10.6 Å². The molecule has 0 saturated carbocycles. The van der Waals surface area contributed by atoms with Gasteiger partial charge in [0.15, 0.2) is 0 Å². The third kappa shape index (κ3) is 5.35. The van der Waals surface area contributed by atoms with E-state index in [0.717, 1.165) is 25.9 Å². The lowest BCUT2D eigenvalue weighted by atomic mass is 10.3. The molecule has 0 saturated heterocycles. The first kappa shape index (κ1) is 16.1. The van der Waals surface area contributed by atoms with Crippen molar-refractivity contribution in [2.24, 2.45) is 0 Å². The Bertz CT molecular complexity index is 428. The van der Waals surface area contributed by atoms with Gasteiger partial charge in [-0.25, -0.2) is 4.98 Å². The molecule has 0 amide bonds. The van der Waals surface area contributed by atoms with Crippen molar-refractivity contribution in [1.82, 2.24) is 9.97 Å². The monoisotopic (exact) mass is 283 g/mol. The molecule has 8 nitrogen and oxygen atoms in total. The second-order valence-corrected chi connectivity index (χ2v) is 4.18. The minimum Gasteiger partial charge on any atom is -0.381 e. The molecule has 0 aromatic carbocycles. The van der Waals surface area contributed by atoms with Gasteiger partial charge in [-0.3, -0.25) is 10.1 Å². The average molecular weight is 283 g/mol. The van der Waals surface area contributed by atoms with Crippen LogP contribution in [0.4, 0.5) is 17.5 Å². The molecular weight excluding hydrogens is 262 g/mol. The Morgan fingerprint density at radius 2 is 2.15 bits per heavy atom. The second-order valence-electron chi connectivity index (χ2n) is 4.18. The molecule has 0 unspecified atom stereocenters. The van der Waals surface area contributed by atoms with E-state index >= 15 is 0 Å². The fraction of sp³-hybridized carbons (Fsp3) is 0.667. The summed E-state index contributed by atoms with van der Waals surface area (Å²) in [6.45, 7) is 4.06. The third-order valence-corrected chi connectivity index (χ3v) is 2.59. The Labute approximate surface area is 118 Å². The number of rotatable bonds is 10. The molecule has 2 N–H and O–H groups in total. The highest BCUT2D eigenvalue weighted by atomic mass is 16.6. The summed E-state index contributed by atoms with van der Waals surface area (Å²) in [5.74, 6) is 0.570. The van der Waals surface area contributed by atoms with Gasteiger partial charge in [-0.1, -0.05) is 13.3 Å². The molecule has 8 heteroatoms. The van der Waals surface area contributed by atoms with E-state index < -0.39 is 4.92 Å². The summed E-state index contributed by atoms with van der Waals surface area (Å²) >= 11 is 0. The maximum Gasteiger partial charge on any atom is 0.329 e. The van der Waals surface area contributed by atoms with Gasteiger partial charge in [-0.2, -0.15) is 4.98 Å². The molecule has 1 aromatic heterocycles. The number of nitrogens with zero attached hydrogens (tertiary/aromatic N) is 3. The van der Waals surface area contributed by atoms with Crippen molar-refractivity contribution in [2.75, 3.05) is 37.4 Å². The van der Waals surface area contributed by atoms with Gasteiger partial charge in [-0.05, 0) is 12.8 Å². The quantitative estimate of drug-likeness (QED) is 0.385. The first-order chi connectivity index (χ1) is 9.69. The lowest BCUT2D eigenvalue weighted by Gasteiger charge is -2.07. The van der Waals surface area contributed by atoms with Crippen LogP contribution in [0.5, 0.6) is 0 Å². The number of unbranched alkanes of at least 4 members (excludes halogenated alkanes) is 1. The van der Waals surface area contributed by atoms with E-state index in [1.54, 1.807) is 7.05 Å². The molecule has 0 spiro atoms. The highest BCUT2D eigenvalue weighted by Gasteiger charge is 2.16. The number of hydrogen-bond donors (Lipinski definition) is 2. The SMILES string of the molecule is CCCCOCCCNc1nc(NC)ncc1[N+](=O)[O-]. The van der Waals surface area contributed by atoms with Crippen molar-refractivity contribution >= 4 is 17.5 Å². The summed E-state index contributed by atoms with van der Waals surface area (Å²) in [7, 11) is 1.66. The van der Waals surface area contributed by atoms with Crippen molar-refractivity contribution < 1.29 is 9.66 Å². The Kier molecular flexibility index (Phi) is 7.26. The zero-order valence-electron chi connectivity index (χ0n) is 11.9. The molecule has 0 bridgehead atoms. The van der Waals surface area contributed by atoms with E-state index in [-0.39, 0.29) is 11.5 Å². The van der Waals surface area contributed by atoms with Gasteiger partial charge in [0.2, 0.25) is 11.8 Å². The van der Waals surface area contributed by atoms with Crippen molar-refractivity contribution in [1.29, 1.82) is 0 Å². The van der Waals surface area contributed by atoms with Gasteiger partial charge in [0.25, 0.3) is 0 Å². The summed E-state index contributed by atoms with van der Waals surface area (Å²) in [6, 6.07) is 0. The van der Waals surface area contributed by atoms with Gasteiger partial charge in [0, 0.05) is 26.8 Å². The zero-order chi connectivity index (χ0) is 14.8. The molecule has 0 fully saturated rings. The fourth-order valence-corrected chi connectivity index (χ4v) is 1.49. The maximum atomic E-state index is 10.9. The van der Waals surface area contributed by atoms with Gasteiger partial charge in [0.1, 0.15) is 6.20 Å². The molecule has 112 valence electrons. The largest absolute Gasteiger partial charge is 0.381 e. The minimum atomic E-state index is -0.500. The van der Waals surface area contributed by atoms with Crippen LogP contribution in [0, 0.1) is 10.1 Å². The van der Waals surface area contributed by atoms with Crippen molar-refractivity contribution in [3.8, 4) is 0 Å². The Balaban J connectivity index is 2.43. The van der Waals surface area contributed by atoms with Crippen LogP contribution >= 0.6 is 0 Å². The topological polar surface area (TPSA) is 102 Å². The van der Waals surface area contributed by atoms with Crippen molar-refractivity contribution in [2.45, 2.75) is 26.2 Å². The van der Waals surface area contributed by atoms with Gasteiger partial charge in [-0.15, -0.1) is 0 Å². The number of anilines is 2. The molecule has 0 radical (unpaired) electrons. The average Bonchev–Trinajstić information content (AvgIpc) is 2.45. The predicted molar refractivity (Wildman–Crippen MR) is 77.1 cm³/mol. The third-order valence-electron chi connectivity index (χ3n) is 2.59. The van der Waals surface area contributed by atoms with E-state index in [2.05, 4.69) is 27.5 Å². The van der Waals surface area contributed by atoms with E-state index in [1.165, 1.54) is 6.20 Å².